The number of H-pyrrole nitrogens is 1. The van der Waals surface area contributed by atoms with E-state index in [1.807, 2.05) is 19.1 Å². The Morgan fingerprint density at radius 3 is 2.86 bits per heavy atom. The second-order valence-electron chi connectivity index (χ2n) is 4.36. The Morgan fingerprint density at radius 2 is 2.23 bits per heavy atom. The standard InChI is InChI=1S/C14H17BrN4O2S/c1-3-5-21-13-11(15)6-10(7-12(13)20-4-2)8-17-19-9-16-18-14(19)22/h6-9H,3-5H2,1-2H3,(H,18,22)/b17-8-. The Bertz CT molecular complexity index is 711. The third-order valence-corrected chi connectivity index (χ3v) is 3.52. The fourth-order valence-electron chi connectivity index (χ4n) is 1.72. The molecule has 8 heteroatoms. The molecule has 0 aliphatic rings. The number of hydrogen-bond acceptors (Lipinski definition) is 5. The number of aromatic amines is 1. The summed E-state index contributed by atoms with van der Waals surface area (Å²) in [5.74, 6) is 1.39. The Balaban J connectivity index is 2.31. The van der Waals surface area contributed by atoms with Crippen molar-refractivity contribution in [3.8, 4) is 11.5 Å². The van der Waals surface area contributed by atoms with Crippen LogP contribution >= 0.6 is 28.1 Å². The zero-order chi connectivity index (χ0) is 15.9. The number of nitrogens with zero attached hydrogens (tertiary/aromatic N) is 3. The van der Waals surface area contributed by atoms with Crippen LogP contribution in [0.4, 0.5) is 0 Å². The minimum atomic E-state index is 0.434. The average Bonchev–Trinajstić information content (AvgIpc) is 2.90. The summed E-state index contributed by atoms with van der Waals surface area (Å²) < 4.78 is 14.1. The number of hydrogen-bond donors (Lipinski definition) is 1. The van der Waals surface area contributed by atoms with Crippen molar-refractivity contribution in [1.82, 2.24) is 14.9 Å². The van der Waals surface area contributed by atoms with E-state index in [0.717, 1.165) is 16.5 Å². The monoisotopic (exact) mass is 384 g/mol. The first-order valence-electron chi connectivity index (χ1n) is 6.91. The molecule has 2 rings (SSSR count). The summed E-state index contributed by atoms with van der Waals surface area (Å²) in [5.41, 5.74) is 0.863. The molecule has 118 valence electrons. The first-order valence-corrected chi connectivity index (χ1v) is 8.11. The number of nitrogens with one attached hydrogen (secondary N) is 1. The van der Waals surface area contributed by atoms with Gasteiger partial charge in [-0.25, -0.2) is 0 Å². The van der Waals surface area contributed by atoms with Gasteiger partial charge in [0, 0.05) is 0 Å². The number of rotatable bonds is 7. The van der Waals surface area contributed by atoms with E-state index in [-0.39, 0.29) is 0 Å². The van der Waals surface area contributed by atoms with Crippen molar-refractivity contribution < 1.29 is 9.47 Å². The molecule has 1 heterocycles. The van der Waals surface area contributed by atoms with Crippen LogP contribution in [-0.4, -0.2) is 34.3 Å². The summed E-state index contributed by atoms with van der Waals surface area (Å²) in [6.07, 6.45) is 4.12. The molecule has 0 unspecified atom stereocenters. The maximum Gasteiger partial charge on any atom is 0.216 e. The van der Waals surface area contributed by atoms with Crippen molar-refractivity contribution in [2.45, 2.75) is 20.3 Å². The van der Waals surface area contributed by atoms with Gasteiger partial charge in [-0.2, -0.15) is 14.9 Å². The first kappa shape index (κ1) is 16.7. The predicted octanol–water partition coefficient (Wildman–Crippen LogP) is 3.77. The van der Waals surface area contributed by atoms with E-state index in [1.165, 1.54) is 11.0 Å². The third kappa shape index (κ3) is 4.17. The minimum Gasteiger partial charge on any atom is -0.490 e. The van der Waals surface area contributed by atoms with Crippen LogP contribution in [0, 0.1) is 4.77 Å². The normalized spacial score (nSPS) is 11.0. The van der Waals surface area contributed by atoms with Crippen LogP contribution < -0.4 is 9.47 Å². The third-order valence-electron chi connectivity index (χ3n) is 2.65. The van der Waals surface area contributed by atoms with E-state index in [9.17, 15) is 0 Å². The van der Waals surface area contributed by atoms with Crippen molar-refractivity contribution in [3.63, 3.8) is 0 Å². The number of aromatic nitrogens is 3. The summed E-state index contributed by atoms with van der Waals surface area (Å²) >= 11 is 8.56. The molecule has 0 radical (unpaired) electrons. The quantitative estimate of drug-likeness (QED) is 0.582. The van der Waals surface area contributed by atoms with Crippen molar-refractivity contribution in [1.29, 1.82) is 0 Å². The van der Waals surface area contributed by atoms with Crippen LogP contribution in [0.1, 0.15) is 25.8 Å². The molecule has 0 aliphatic heterocycles. The molecular formula is C14H17BrN4O2S. The van der Waals surface area contributed by atoms with Crippen molar-refractivity contribution in [2.75, 3.05) is 13.2 Å². The molecule has 0 aliphatic carbocycles. The van der Waals surface area contributed by atoms with E-state index >= 15 is 0 Å². The van der Waals surface area contributed by atoms with Crippen LogP contribution in [0.15, 0.2) is 28.0 Å². The summed E-state index contributed by atoms with van der Waals surface area (Å²) in [4.78, 5) is 0. The molecule has 1 aromatic heterocycles. The molecule has 2 aromatic rings. The molecule has 22 heavy (non-hydrogen) atoms. The lowest BCUT2D eigenvalue weighted by atomic mass is 10.2. The van der Waals surface area contributed by atoms with Crippen LogP contribution in [0.3, 0.4) is 0 Å². The fourth-order valence-corrected chi connectivity index (χ4v) is 2.44. The maximum absolute atomic E-state index is 5.74. The lowest BCUT2D eigenvalue weighted by Crippen LogP contribution is -2.02. The van der Waals surface area contributed by atoms with E-state index in [2.05, 4.69) is 38.2 Å². The van der Waals surface area contributed by atoms with Gasteiger partial charge in [0.15, 0.2) is 11.5 Å². The van der Waals surface area contributed by atoms with Crippen LogP contribution in [0.25, 0.3) is 0 Å². The maximum atomic E-state index is 5.74. The zero-order valence-electron chi connectivity index (χ0n) is 12.4. The number of halogens is 1. The fraction of sp³-hybridized carbons (Fsp3) is 0.357. The van der Waals surface area contributed by atoms with E-state index in [0.29, 0.717) is 29.5 Å². The second-order valence-corrected chi connectivity index (χ2v) is 5.60. The Kier molecular flexibility index (Phi) is 6.14. The summed E-state index contributed by atoms with van der Waals surface area (Å²) in [6, 6.07) is 3.80. The molecule has 6 nitrogen and oxygen atoms in total. The molecule has 0 bridgehead atoms. The lowest BCUT2D eigenvalue weighted by Gasteiger charge is -2.14. The zero-order valence-corrected chi connectivity index (χ0v) is 14.8. The highest BCUT2D eigenvalue weighted by molar-refractivity contribution is 9.10. The van der Waals surface area contributed by atoms with Crippen molar-refractivity contribution in [2.24, 2.45) is 5.10 Å². The molecule has 0 fully saturated rings. The van der Waals surface area contributed by atoms with Gasteiger partial charge in [0.1, 0.15) is 6.33 Å². The van der Waals surface area contributed by atoms with Gasteiger partial charge in [0.25, 0.3) is 0 Å². The number of benzene rings is 1. The first-order chi connectivity index (χ1) is 10.7. The molecule has 0 atom stereocenters. The number of ether oxygens (including phenoxy) is 2. The van der Waals surface area contributed by atoms with E-state index in [4.69, 9.17) is 21.7 Å². The molecule has 0 saturated carbocycles. The highest BCUT2D eigenvalue weighted by atomic mass is 79.9. The summed E-state index contributed by atoms with van der Waals surface area (Å²) in [7, 11) is 0. The molecule has 0 amide bonds. The lowest BCUT2D eigenvalue weighted by molar-refractivity contribution is 0.275. The Morgan fingerprint density at radius 1 is 1.41 bits per heavy atom. The SMILES string of the molecule is CCCOc1c(Br)cc(/C=N\n2cn[nH]c2=S)cc1OCC. The summed E-state index contributed by atoms with van der Waals surface area (Å²) in [6.45, 7) is 5.19. The van der Waals surface area contributed by atoms with Crippen LogP contribution in [-0.2, 0) is 0 Å². The topological polar surface area (TPSA) is 64.4 Å². The Labute approximate surface area is 142 Å². The van der Waals surface area contributed by atoms with Crippen LogP contribution in [0.5, 0.6) is 11.5 Å². The van der Waals surface area contributed by atoms with Crippen molar-refractivity contribution in [3.05, 3.63) is 33.3 Å². The van der Waals surface area contributed by atoms with Gasteiger partial charge < -0.3 is 9.47 Å². The van der Waals surface area contributed by atoms with Crippen LogP contribution in [0.2, 0.25) is 0 Å². The van der Waals surface area contributed by atoms with Gasteiger partial charge in [0.2, 0.25) is 4.77 Å². The van der Waals surface area contributed by atoms with E-state index < -0.39 is 0 Å². The second kappa shape index (κ2) is 8.09. The van der Waals surface area contributed by atoms with Gasteiger partial charge in [0.05, 0.1) is 23.9 Å². The van der Waals surface area contributed by atoms with E-state index in [1.54, 1.807) is 6.21 Å². The van der Waals surface area contributed by atoms with Gasteiger partial charge in [-0.1, -0.05) is 6.92 Å². The largest absolute Gasteiger partial charge is 0.490 e. The molecule has 0 spiro atoms. The van der Waals surface area contributed by atoms with Gasteiger partial charge in [-0.05, 0) is 59.2 Å². The smallest absolute Gasteiger partial charge is 0.216 e. The van der Waals surface area contributed by atoms with Crippen molar-refractivity contribution >= 4 is 34.4 Å². The van der Waals surface area contributed by atoms with Gasteiger partial charge in [-0.15, -0.1) is 0 Å². The summed E-state index contributed by atoms with van der Waals surface area (Å²) in [5, 5.41) is 10.7. The molecule has 1 N–H and O–H groups in total. The Hall–Kier alpha value is -1.67. The minimum absolute atomic E-state index is 0.434. The highest BCUT2D eigenvalue weighted by Gasteiger charge is 2.11. The molecular weight excluding hydrogens is 368 g/mol. The molecule has 0 saturated heterocycles. The van der Waals surface area contributed by atoms with Gasteiger partial charge in [-0.3, -0.25) is 5.10 Å². The predicted molar refractivity (Wildman–Crippen MR) is 91.5 cm³/mol. The van der Waals surface area contributed by atoms with Gasteiger partial charge >= 0.3 is 0 Å². The average molecular weight is 385 g/mol. The molecule has 1 aromatic carbocycles. The highest BCUT2D eigenvalue weighted by Crippen LogP contribution is 2.36.